The quantitative estimate of drug-likeness (QED) is 0.917. The van der Waals surface area contributed by atoms with Gasteiger partial charge in [-0.25, -0.2) is 4.98 Å². The monoisotopic (exact) mass is 326 g/mol. The number of amides is 2. The van der Waals surface area contributed by atoms with Gasteiger partial charge in [-0.15, -0.1) is 0 Å². The number of fused-ring (bicyclic) bond motifs is 1. The van der Waals surface area contributed by atoms with Crippen molar-refractivity contribution >= 4 is 22.8 Å². The molecule has 6 nitrogen and oxygen atoms in total. The average molecular weight is 326 g/mol. The Balaban J connectivity index is 1.47. The molecule has 2 amide bonds. The maximum Gasteiger partial charge on any atom is 0.253 e. The molecule has 1 aromatic carbocycles. The zero-order valence-corrected chi connectivity index (χ0v) is 13.9. The van der Waals surface area contributed by atoms with Crippen molar-refractivity contribution in [3.8, 4) is 0 Å². The van der Waals surface area contributed by atoms with Crippen LogP contribution in [0.15, 0.2) is 18.2 Å². The first kappa shape index (κ1) is 15.2. The number of nitrogens with one attached hydrogen (secondary N) is 1. The molecule has 0 unspecified atom stereocenters. The van der Waals surface area contributed by atoms with E-state index in [2.05, 4.69) is 9.97 Å². The second kappa shape index (κ2) is 5.92. The van der Waals surface area contributed by atoms with Crippen LogP contribution in [0.4, 0.5) is 0 Å². The van der Waals surface area contributed by atoms with Crippen molar-refractivity contribution in [3.63, 3.8) is 0 Å². The van der Waals surface area contributed by atoms with Crippen LogP contribution in [0, 0.1) is 12.8 Å². The van der Waals surface area contributed by atoms with E-state index in [1.807, 2.05) is 34.9 Å². The zero-order valence-electron chi connectivity index (χ0n) is 13.9. The smallest absolute Gasteiger partial charge is 0.253 e. The van der Waals surface area contributed by atoms with Crippen molar-refractivity contribution in [3.05, 3.63) is 29.6 Å². The summed E-state index contributed by atoms with van der Waals surface area (Å²) in [7, 11) is 0. The van der Waals surface area contributed by atoms with Gasteiger partial charge in [-0.05, 0) is 44.4 Å². The fourth-order valence-corrected chi connectivity index (χ4v) is 3.38. The van der Waals surface area contributed by atoms with Gasteiger partial charge in [0.05, 0.1) is 11.0 Å². The normalized spacial score (nSPS) is 18.7. The lowest BCUT2D eigenvalue weighted by Gasteiger charge is -2.22. The van der Waals surface area contributed by atoms with E-state index in [1.54, 1.807) is 0 Å². The van der Waals surface area contributed by atoms with Gasteiger partial charge in [0.1, 0.15) is 5.82 Å². The minimum atomic E-state index is 0.0323. The van der Waals surface area contributed by atoms with E-state index in [0.717, 1.165) is 42.7 Å². The third-order valence-electron chi connectivity index (χ3n) is 4.87. The van der Waals surface area contributed by atoms with Crippen molar-refractivity contribution in [1.82, 2.24) is 19.8 Å². The van der Waals surface area contributed by atoms with Gasteiger partial charge in [0, 0.05) is 37.7 Å². The van der Waals surface area contributed by atoms with E-state index in [9.17, 15) is 9.59 Å². The number of aryl methyl sites for hydroxylation is 1. The van der Waals surface area contributed by atoms with Crippen LogP contribution in [-0.4, -0.2) is 57.8 Å². The highest BCUT2D eigenvalue weighted by atomic mass is 16.2. The van der Waals surface area contributed by atoms with Gasteiger partial charge in [-0.2, -0.15) is 0 Å². The highest BCUT2D eigenvalue weighted by Crippen LogP contribution is 2.31. The van der Waals surface area contributed by atoms with Crippen molar-refractivity contribution in [2.24, 2.45) is 5.92 Å². The van der Waals surface area contributed by atoms with Crippen LogP contribution < -0.4 is 0 Å². The average Bonchev–Trinajstić information content (AvgIpc) is 3.37. The van der Waals surface area contributed by atoms with Crippen molar-refractivity contribution in [2.75, 3.05) is 26.2 Å². The molecule has 0 spiro atoms. The predicted molar refractivity (Wildman–Crippen MR) is 90.7 cm³/mol. The molecule has 1 saturated heterocycles. The fraction of sp³-hybridized carbons (Fsp3) is 0.500. The molecule has 1 aromatic heterocycles. The molecular formula is C18H22N4O2. The lowest BCUT2D eigenvalue weighted by atomic mass is 10.1. The number of carbonyl (C=O) groups excluding carboxylic acids is 2. The van der Waals surface area contributed by atoms with Crippen LogP contribution in [0.3, 0.4) is 0 Å². The number of nitrogens with zero attached hydrogens (tertiary/aromatic N) is 3. The molecule has 2 heterocycles. The van der Waals surface area contributed by atoms with Crippen LogP contribution in [0.25, 0.3) is 11.0 Å². The molecule has 4 rings (SSSR count). The molecule has 6 heteroatoms. The number of aromatic nitrogens is 2. The SMILES string of the molecule is Cc1nc2ccc(C(=O)N3CCCN(C(=O)C4CC4)CC3)cc2[nH]1. The van der Waals surface area contributed by atoms with Gasteiger partial charge in [0.15, 0.2) is 0 Å². The van der Waals surface area contributed by atoms with E-state index in [4.69, 9.17) is 0 Å². The number of carbonyl (C=O) groups is 2. The van der Waals surface area contributed by atoms with Gasteiger partial charge < -0.3 is 14.8 Å². The molecular weight excluding hydrogens is 304 g/mol. The first-order valence-electron chi connectivity index (χ1n) is 8.66. The van der Waals surface area contributed by atoms with E-state index >= 15 is 0 Å². The van der Waals surface area contributed by atoms with Crippen LogP contribution in [-0.2, 0) is 4.79 Å². The molecule has 0 radical (unpaired) electrons. The van der Waals surface area contributed by atoms with Crippen molar-refractivity contribution < 1.29 is 9.59 Å². The number of aromatic amines is 1. The summed E-state index contributed by atoms with van der Waals surface area (Å²) >= 11 is 0. The summed E-state index contributed by atoms with van der Waals surface area (Å²) in [4.78, 5) is 36.4. The Morgan fingerprint density at radius 1 is 1.12 bits per heavy atom. The summed E-state index contributed by atoms with van der Waals surface area (Å²) in [5.41, 5.74) is 2.44. The van der Waals surface area contributed by atoms with Gasteiger partial charge in [0.2, 0.25) is 5.91 Å². The lowest BCUT2D eigenvalue weighted by Crippen LogP contribution is -2.37. The lowest BCUT2D eigenvalue weighted by molar-refractivity contribution is -0.132. The second-order valence-electron chi connectivity index (χ2n) is 6.80. The summed E-state index contributed by atoms with van der Waals surface area (Å²) < 4.78 is 0. The summed E-state index contributed by atoms with van der Waals surface area (Å²) in [5.74, 6) is 1.40. The maximum atomic E-state index is 12.8. The fourth-order valence-electron chi connectivity index (χ4n) is 3.38. The van der Waals surface area contributed by atoms with Crippen LogP contribution in [0.2, 0.25) is 0 Å². The van der Waals surface area contributed by atoms with E-state index in [0.29, 0.717) is 25.2 Å². The second-order valence-corrected chi connectivity index (χ2v) is 6.80. The molecule has 24 heavy (non-hydrogen) atoms. The van der Waals surface area contributed by atoms with Crippen molar-refractivity contribution in [1.29, 1.82) is 0 Å². The molecule has 1 saturated carbocycles. The number of H-pyrrole nitrogens is 1. The standard InChI is InChI=1S/C18H22N4O2/c1-12-19-15-6-5-14(11-16(15)20-12)18(24)22-8-2-7-21(9-10-22)17(23)13-3-4-13/h5-6,11,13H,2-4,7-10H2,1H3,(H,19,20). The Morgan fingerprint density at radius 2 is 1.88 bits per heavy atom. The molecule has 1 aliphatic heterocycles. The van der Waals surface area contributed by atoms with E-state index < -0.39 is 0 Å². The minimum Gasteiger partial charge on any atom is -0.342 e. The van der Waals surface area contributed by atoms with Crippen LogP contribution >= 0.6 is 0 Å². The zero-order chi connectivity index (χ0) is 16.7. The largest absolute Gasteiger partial charge is 0.342 e. The Morgan fingerprint density at radius 3 is 2.67 bits per heavy atom. The summed E-state index contributed by atoms with van der Waals surface area (Å²) in [5, 5.41) is 0. The molecule has 126 valence electrons. The molecule has 1 aliphatic carbocycles. The molecule has 2 aromatic rings. The number of benzene rings is 1. The van der Waals surface area contributed by atoms with Crippen LogP contribution in [0.5, 0.6) is 0 Å². The Bertz CT molecular complexity index is 793. The molecule has 2 fully saturated rings. The summed E-state index contributed by atoms with van der Waals surface area (Å²) in [6, 6.07) is 5.59. The molecule has 1 N–H and O–H groups in total. The number of imidazole rings is 1. The van der Waals surface area contributed by atoms with Crippen LogP contribution in [0.1, 0.15) is 35.4 Å². The van der Waals surface area contributed by atoms with E-state index in [-0.39, 0.29) is 17.7 Å². The highest BCUT2D eigenvalue weighted by Gasteiger charge is 2.34. The summed E-state index contributed by atoms with van der Waals surface area (Å²) in [6.45, 7) is 4.62. The highest BCUT2D eigenvalue weighted by molar-refractivity contribution is 5.97. The van der Waals surface area contributed by atoms with Gasteiger partial charge in [0.25, 0.3) is 5.91 Å². The minimum absolute atomic E-state index is 0.0323. The number of rotatable bonds is 2. The Kier molecular flexibility index (Phi) is 3.75. The first-order chi connectivity index (χ1) is 11.6. The third kappa shape index (κ3) is 2.88. The first-order valence-corrected chi connectivity index (χ1v) is 8.66. The van der Waals surface area contributed by atoms with E-state index in [1.165, 1.54) is 0 Å². The Hall–Kier alpha value is -2.37. The number of hydrogen-bond acceptors (Lipinski definition) is 3. The predicted octanol–water partition coefficient (Wildman–Crippen LogP) is 1.96. The molecule has 0 bridgehead atoms. The Labute approximate surface area is 140 Å². The topological polar surface area (TPSA) is 69.3 Å². The van der Waals surface area contributed by atoms with Gasteiger partial charge >= 0.3 is 0 Å². The van der Waals surface area contributed by atoms with Gasteiger partial charge in [-0.3, -0.25) is 9.59 Å². The molecule has 2 aliphatic rings. The maximum absolute atomic E-state index is 12.8. The third-order valence-corrected chi connectivity index (χ3v) is 4.87. The number of hydrogen-bond donors (Lipinski definition) is 1. The van der Waals surface area contributed by atoms with Crippen molar-refractivity contribution in [2.45, 2.75) is 26.2 Å². The molecule has 0 atom stereocenters. The van der Waals surface area contributed by atoms with Gasteiger partial charge in [-0.1, -0.05) is 0 Å². The summed E-state index contributed by atoms with van der Waals surface area (Å²) in [6.07, 6.45) is 2.90.